The summed E-state index contributed by atoms with van der Waals surface area (Å²) in [5.41, 5.74) is 7.75. The van der Waals surface area contributed by atoms with Gasteiger partial charge >= 0.3 is 0 Å². The summed E-state index contributed by atoms with van der Waals surface area (Å²) in [5.74, 6) is -0.262. The van der Waals surface area contributed by atoms with Gasteiger partial charge in [-0.1, -0.05) is 11.6 Å². The molecule has 6 nitrogen and oxygen atoms in total. The van der Waals surface area contributed by atoms with Crippen LogP contribution in [0.2, 0.25) is 5.02 Å². The Labute approximate surface area is 115 Å². The first-order valence-electron chi connectivity index (χ1n) is 5.51. The molecule has 0 fully saturated rings. The van der Waals surface area contributed by atoms with Crippen molar-refractivity contribution in [1.29, 1.82) is 0 Å². The van der Waals surface area contributed by atoms with Gasteiger partial charge in [0.1, 0.15) is 0 Å². The predicted octanol–water partition coefficient (Wildman–Crippen LogP) is 1.98. The number of carbonyl (C=O) groups is 1. The average Bonchev–Trinajstić information content (AvgIpc) is 2.33. The number of aryl methyl sites for hydroxylation is 2. The van der Waals surface area contributed by atoms with Crippen LogP contribution in [0.15, 0.2) is 18.2 Å². The first kappa shape index (κ1) is 13.2. The summed E-state index contributed by atoms with van der Waals surface area (Å²) < 4.78 is 0. The zero-order valence-electron chi connectivity index (χ0n) is 10.4. The Balaban J connectivity index is 2.23. The molecule has 3 N–H and O–H groups in total. The highest BCUT2D eigenvalue weighted by Gasteiger charge is 2.12. The van der Waals surface area contributed by atoms with E-state index in [1.54, 1.807) is 26.0 Å². The molecule has 1 aromatic heterocycles. The summed E-state index contributed by atoms with van der Waals surface area (Å²) in [6.45, 7) is 3.58. The first-order chi connectivity index (χ1) is 8.97. The Morgan fingerprint density at radius 2 is 2.00 bits per heavy atom. The average molecular weight is 278 g/mol. The molecule has 0 aliphatic rings. The number of amides is 1. The largest absolute Gasteiger partial charge is 0.398 e. The van der Waals surface area contributed by atoms with Crippen molar-refractivity contribution in [2.24, 2.45) is 0 Å². The van der Waals surface area contributed by atoms with Crippen molar-refractivity contribution >= 4 is 29.1 Å². The molecule has 1 heterocycles. The highest BCUT2D eigenvalue weighted by atomic mass is 35.5. The van der Waals surface area contributed by atoms with Gasteiger partial charge in [0, 0.05) is 10.7 Å². The van der Waals surface area contributed by atoms with Gasteiger partial charge in [-0.05, 0) is 32.0 Å². The van der Waals surface area contributed by atoms with Crippen LogP contribution in [-0.4, -0.2) is 21.1 Å². The lowest BCUT2D eigenvalue weighted by molar-refractivity contribution is 0.102. The minimum atomic E-state index is -0.404. The molecule has 0 aliphatic carbocycles. The molecular weight excluding hydrogens is 266 g/mol. The summed E-state index contributed by atoms with van der Waals surface area (Å²) in [6.07, 6.45) is 0. The quantitative estimate of drug-likeness (QED) is 0.819. The standard InChI is InChI=1S/C12H12ClN5O/c1-6-7(2)17-18-12(15-6)16-11(19)9-4-3-8(13)5-10(9)14/h3-5H,14H2,1-2H3,(H,15,16,18,19). The topological polar surface area (TPSA) is 93.8 Å². The van der Waals surface area contributed by atoms with Crippen LogP contribution in [0.5, 0.6) is 0 Å². The normalized spacial score (nSPS) is 10.3. The van der Waals surface area contributed by atoms with Gasteiger partial charge in [0.05, 0.1) is 17.0 Å². The third kappa shape index (κ3) is 2.97. The van der Waals surface area contributed by atoms with E-state index in [2.05, 4.69) is 20.5 Å². The van der Waals surface area contributed by atoms with Crippen LogP contribution in [-0.2, 0) is 0 Å². The molecule has 98 valence electrons. The van der Waals surface area contributed by atoms with Gasteiger partial charge in [-0.3, -0.25) is 10.1 Å². The van der Waals surface area contributed by atoms with E-state index in [-0.39, 0.29) is 5.95 Å². The Hall–Kier alpha value is -2.21. The number of carbonyl (C=O) groups excluding carboxylic acids is 1. The fourth-order valence-electron chi connectivity index (χ4n) is 1.42. The van der Waals surface area contributed by atoms with Gasteiger partial charge in [0.15, 0.2) is 0 Å². The monoisotopic (exact) mass is 277 g/mol. The van der Waals surface area contributed by atoms with Crippen molar-refractivity contribution in [1.82, 2.24) is 15.2 Å². The number of rotatable bonds is 2. The molecule has 2 rings (SSSR count). The van der Waals surface area contributed by atoms with Crippen LogP contribution in [0.3, 0.4) is 0 Å². The number of hydrogen-bond acceptors (Lipinski definition) is 5. The van der Waals surface area contributed by atoms with E-state index in [9.17, 15) is 4.79 Å². The fraction of sp³-hybridized carbons (Fsp3) is 0.167. The van der Waals surface area contributed by atoms with Gasteiger partial charge < -0.3 is 5.73 Å². The number of nitrogens with zero attached hydrogens (tertiary/aromatic N) is 3. The summed E-state index contributed by atoms with van der Waals surface area (Å²) in [7, 11) is 0. The lowest BCUT2D eigenvalue weighted by Gasteiger charge is -2.07. The third-order valence-corrected chi connectivity index (χ3v) is 2.81. The summed E-state index contributed by atoms with van der Waals surface area (Å²) in [5, 5.41) is 10.7. The maximum absolute atomic E-state index is 12.0. The zero-order valence-corrected chi connectivity index (χ0v) is 11.2. The third-order valence-electron chi connectivity index (χ3n) is 2.58. The number of aromatic nitrogens is 3. The molecule has 1 amide bonds. The minimum Gasteiger partial charge on any atom is -0.398 e. The smallest absolute Gasteiger partial charge is 0.260 e. The molecule has 0 atom stereocenters. The molecule has 7 heteroatoms. The SMILES string of the molecule is Cc1nnc(NC(=O)c2ccc(Cl)cc2N)nc1C. The van der Waals surface area contributed by atoms with Crippen LogP contribution in [0.4, 0.5) is 11.6 Å². The first-order valence-corrected chi connectivity index (χ1v) is 5.89. The van der Waals surface area contributed by atoms with E-state index in [0.29, 0.717) is 27.7 Å². The van der Waals surface area contributed by atoms with Crippen LogP contribution < -0.4 is 11.1 Å². The van der Waals surface area contributed by atoms with Crippen molar-refractivity contribution in [3.05, 3.63) is 40.2 Å². The number of hydrogen-bond donors (Lipinski definition) is 2. The van der Waals surface area contributed by atoms with Gasteiger partial charge in [0.25, 0.3) is 5.91 Å². The van der Waals surface area contributed by atoms with Gasteiger partial charge in [0.2, 0.25) is 5.95 Å². The maximum atomic E-state index is 12.0. The number of nitrogens with one attached hydrogen (secondary N) is 1. The predicted molar refractivity (Wildman–Crippen MR) is 73.1 cm³/mol. The van der Waals surface area contributed by atoms with E-state index >= 15 is 0 Å². The van der Waals surface area contributed by atoms with E-state index in [1.165, 1.54) is 6.07 Å². The van der Waals surface area contributed by atoms with E-state index in [0.717, 1.165) is 0 Å². The minimum absolute atomic E-state index is 0.141. The number of anilines is 2. The molecule has 0 unspecified atom stereocenters. The number of halogens is 1. The van der Waals surface area contributed by atoms with Gasteiger partial charge in [-0.25, -0.2) is 4.98 Å². The Morgan fingerprint density at radius 3 is 2.63 bits per heavy atom. The summed E-state index contributed by atoms with van der Waals surface area (Å²) >= 11 is 5.77. The van der Waals surface area contributed by atoms with E-state index in [1.807, 2.05) is 0 Å². The van der Waals surface area contributed by atoms with E-state index in [4.69, 9.17) is 17.3 Å². The second-order valence-electron chi connectivity index (χ2n) is 3.99. The Kier molecular flexibility index (Phi) is 3.62. The summed E-state index contributed by atoms with van der Waals surface area (Å²) in [6, 6.07) is 4.64. The van der Waals surface area contributed by atoms with Gasteiger partial charge in [-0.2, -0.15) is 5.10 Å². The van der Waals surface area contributed by atoms with Crippen molar-refractivity contribution in [3.8, 4) is 0 Å². The molecule has 1 aromatic carbocycles. The Bertz CT molecular complexity index is 644. The van der Waals surface area contributed by atoms with Crippen LogP contribution >= 0.6 is 11.6 Å². The summed E-state index contributed by atoms with van der Waals surface area (Å²) in [4.78, 5) is 16.1. The van der Waals surface area contributed by atoms with Crippen molar-refractivity contribution in [2.75, 3.05) is 11.1 Å². The molecule has 0 radical (unpaired) electrons. The number of nitrogens with two attached hydrogens (primary N) is 1. The molecule has 0 bridgehead atoms. The molecule has 0 spiro atoms. The van der Waals surface area contributed by atoms with Crippen molar-refractivity contribution in [2.45, 2.75) is 13.8 Å². The molecule has 2 aromatic rings. The van der Waals surface area contributed by atoms with Crippen molar-refractivity contribution in [3.63, 3.8) is 0 Å². The molecule has 0 aliphatic heterocycles. The van der Waals surface area contributed by atoms with E-state index < -0.39 is 5.91 Å². The van der Waals surface area contributed by atoms with Crippen LogP contribution in [0, 0.1) is 13.8 Å². The Morgan fingerprint density at radius 1 is 1.26 bits per heavy atom. The zero-order chi connectivity index (χ0) is 14.0. The highest BCUT2D eigenvalue weighted by molar-refractivity contribution is 6.31. The maximum Gasteiger partial charge on any atom is 0.260 e. The molecule has 0 saturated heterocycles. The van der Waals surface area contributed by atoms with Gasteiger partial charge in [-0.15, -0.1) is 5.10 Å². The van der Waals surface area contributed by atoms with Crippen LogP contribution in [0.1, 0.15) is 21.7 Å². The number of nitrogen functional groups attached to an aromatic ring is 1. The second-order valence-corrected chi connectivity index (χ2v) is 4.43. The molecular formula is C12H12ClN5O. The lowest BCUT2D eigenvalue weighted by atomic mass is 10.1. The highest BCUT2D eigenvalue weighted by Crippen LogP contribution is 2.18. The second kappa shape index (κ2) is 5.19. The fourth-order valence-corrected chi connectivity index (χ4v) is 1.60. The number of benzene rings is 1. The molecule has 0 saturated carbocycles. The lowest BCUT2D eigenvalue weighted by Crippen LogP contribution is -2.17. The molecule has 19 heavy (non-hydrogen) atoms. The van der Waals surface area contributed by atoms with Crippen molar-refractivity contribution < 1.29 is 4.79 Å². The van der Waals surface area contributed by atoms with Crippen LogP contribution in [0.25, 0.3) is 0 Å².